The van der Waals surface area contributed by atoms with Gasteiger partial charge in [-0.3, -0.25) is 0 Å². The van der Waals surface area contributed by atoms with E-state index in [2.05, 4.69) is 49.6 Å². The van der Waals surface area contributed by atoms with E-state index in [4.69, 9.17) is 0 Å². The first-order chi connectivity index (χ1) is 21.7. The fourth-order valence-corrected chi connectivity index (χ4v) is 7.32. The molecule has 2 atom stereocenters. The van der Waals surface area contributed by atoms with Gasteiger partial charge >= 0.3 is 0 Å². The molecular weight excluding hydrogens is 532 g/mol. The van der Waals surface area contributed by atoms with Crippen molar-refractivity contribution in [3.8, 4) is 0 Å². The van der Waals surface area contributed by atoms with Gasteiger partial charge in [0.2, 0.25) is 0 Å². The van der Waals surface area contributed by atoms with Gasteiger partial charge < -0.3 is 0 Å². The summed E-state index contributed by atoms with van der Waals surface area (Å²) in [5.41, 5.74) is 0. The number of nitrogens with zero attached hydrogens (tertiary/aromatic N) is 1. The van der Waals surface area contributed by atoms with Crippen LogP contribution in [0.25, 0.3) is 0 Å². The first-order valence-corrected chi connectivity index (χ1v) is 20.8. The molecule has 0 aliphatic carbocycles. The minimum Gasteiger partial charge on any atom is -0.247 e. The fourth-order valence-electron chi connectivity index (χ4n) is 7.32. The van der Waals surface area contributed by atoms with Gasteiger partial charge in [-0.15, -0.1) is 0 Å². The predicted octanol–water partition coefficient (Wildman–Crippen LogP) is 14.9. The molecule has 0 amide bonds. The zero-order valence-electron chi connectivity index (χ0n) is 31.1. The number of imidazole rings is 1. The van der Waals surface area contributed by atoms with Gasteiger partial charge in [-0.2, -0.15) is 0 Å². The summed E-state index contributed by atoms with van der Waals surface area (Å²) in [5, 5.41) is 0. The molecule has 0 aliphatic rings. The summed E-state index contributed by atoms with van der Waals surface area (Å²) in [7, 11) is 0. The summed E-state index contributed by atoms with van der Waals surface area (Å²) >= 11 is 0. The lowest BCUT2D eigenvalue weighted by Crippen LogP contribution is -2.41. The highest BCUT2D eigenvalue weighted by atomic mass is 15.1. The second kappa shape index (κ2) is 32.2. The molecule has 1 aromatic heterocycles. The number of hydrogen-bond acceptors (Lipinski definition) is 0. The molecule has 0 radical (unpaired) electrons. The molecule has 260 valence electrons. The molecule has 0 aliphatic heterocycles. The fraction of sp³-hybridized carbons (Fsp3) is 0.929. The van der Waals surface area contributed by atoms with Crippen LogP contribution in [0.3, 0.4) is 0 Å². The Bertz CT molecular complexity index is 679. The minimum absolute atomic E-state index is 0.619. The molecule has 1 heterocycles. The Labute approximate surface area is 278 Å². The molecule has 2 unspecified atom stereocenters. The van der Waals surface area contributed by atoms with Gasteiger partial charge in [0.25, 0.3) is 5.82 Å². The van der Waals surface area contributed by atoms with Gasteiger partial charge in [-0.1, -0.05) is 207 Å². The van der Waals surface area contributed by atoms with Crippen molar-refractivity contribution in [2.75, 3.05) is 0 Å². The average molecular weight is 616 g/mol. The molecule has 0 saturated heterocycles. The third-order valence-corrected chi connectivity index (χ3v) is 10.5. The normalized spacial score (nSPS) is 13.1. The molecular formula is C42H83N2+. The van der Waals surface area contributed by atoms with E-state index in [1.807, 2.05) is 0 Å². The lowest BCUT2D eigenvalue weighted by Gasteiger charge is -2.16. The van der Waals surface area contributed by atoms with E-state index in [9.17, 15) is 0 Å². The molecule has 0 bridgehead atoms. The van der Waals surface area contributed by atoms with Gasteiger partial charge in [0, 0.05) is 0 Å². The van der Waals surface area contributed by atoms with Crippen molar-refractivity contribution in [1.29, 1.82) is 0 Å². The summed E-state index contributed by atoms with van der Waals surface area (Å²) in [6.45, 7) is 9.45. The third kappa shape index (κ3) is 23.5. The summed E-state index contributed by atoms with van der Waals surface area (Å²) < 4.78 is 2.59. The van der Waals surface area contributed by atoms with Crippen LogP contribution in [-0.4, -0.2) is 4.98 Å². The Morgan fingerprint density at radius 2 is 0.773 bits per heavy atom. The first kappa shape index (κ1) is 41.2. The van der Waals surface area contributed by atoms with Crippen molar-refractivity contribution in [3.05, 3.63) is 18.2 Å². The molecule has 1 rings (SSSR count). The van der Waals surface area contributed by atoms with Crippen LogP contribution in [0.15, 0.2) is 12.4 Å². The van der Waals surface area contributed by atoms with E-state index < -0.39 is 0 Å². The van der Waals surface area contributed by atoms with Crippen LogP contribution in [0, 0.1) is 0 Å². The Kier molecular flexibility index (Phi) is 30.1. The van der Waals surface area contributed by atoms with Gasteiger partial charge in [-0.25, -0.2) is 9.55 Å². The van der Waals surface area contributed by atoms with E-state index in [1.54, 1.807) is 0 Å². The van der Waals surface area contributed by atoms with Crippen LogP contribution < -0.4 is 4.57 Å². The maximum absolute atomic E-state index is 3.66. The van der Waals surface area contributed by atoms with Crippen molar-refractivity contribution in [1.82, 2.24) is 4.98 Å². The molecule has 0 aromatic carbocycles. The van der Waals surface area contributed by atoms with E-state index in [0.717, 1.165) is 0 Å². The molecule has 2 heteroatoms. The maximum atomic E-state index is 3.66. The topological polar surface area (TPSA) is 19.7 Å². The number of rotatable bonds is 35. The minimum atomic E-state index is 0.619. The number of unbranched alkanes of at least 4 members (excludes halogenated alkanes) is 28. The van der Waals surface area contributed by atoms with Gasteiger partial charge in [-0.05, 0) is 32.6 Å². The quantitative estimate of drug-likeness (QED) is 0.0579. The monoisotopic (exact) mass is 616 g/mol. The zero-order valence-corrected chi connectivity index (χ0v) is 31.1. The van der Waals surface area contributed by atoms with Crippen molar-refractivity contribution < 1.29 is 4.57 Å². The predicted molar refractivity (Wildman–Crippen MR) is 198 cm³/mol. The summed E-state index contributed by atoms with van der Waals surface area (Å²) in [5.74, 6) is 2.18. The maximum Gasteiger partial charge on any atom is 0.257 e. The van der Waals surface area contributed by atoms with Crippen LogP contribution in [0.5, 0.6) is 0 Å². The van der Waals surface area contributed by atoms with Crippen LogP contribution in [-0.2, 0) is 0 Å². The highest BCUT2D eigenvalue weighted by Gasteiger charge is 2.24. The SMILES string of the molecule is CCCCCCCCCCCCCCCCCC(CC)c1[nH]cc[n+]1C(C)CCCCCCCCCCCCCCCCC. The Morgan fingerprint density at radius 3 is 1.11 bits per heavy atom. The largest absolute Gasteiger partial charge is 0.257 e. The second-order valence-corrected chi connectivity index (χ2v) is 14.7. The van der Waals surface area contributed by atoms with Crippen LogP contribution in [0.1, 0.15) is 257 Å². The Morgan fingerprint density at radius 1 is 0.455 bits per heavy atom. The smallest absolute Gasteiger partial charge is 0.247 e. The molecule has 0 spiro atoms. The van der Waals surface area contributed by atoms with Crippen LogP contribution >= 0.6 is 0 Å². The number of hydrogen-bond donors (Lipinski definition) is 1. The van der Waals surface area contributed by atoms with E-state index in [1.165, 1.54) is 218 Å². The van der Waals surface area contributed by atoms with Crippen molar-refractivity contribution in [2.24, 2.45) is 0 Å². The molecule has 1 aromatic rings. The van der Waals surface area contributed by atoms with Crippen molar-refractivity contribution in [3.63, 3.8) is 0 Å². The van der Waals surface area contributed by atoms with Gasteiger partial charge in [0.15, 0.2) is 0 Å². The van der Waals surface area contributed by atoms with E-state index >= 15 is 0 Å². The lowest BCUT2D eigenvalue weighted by molar-refractivity contribution is -0.727. The van der Waals surface area contributed by atoms with E-state index in [-0.39, 0.29) is 0 Å². The molecule has 2 nitrogen and oxygen atoms in total. The highest BCUT2D eigenvalue weighted by molar-refractivity contribution is 4.89. The highest BCUT2D eigenvalue weighted by Crippen LogP contribution is 2.25. The van der Waals surface area contributed by atoms with E-state index in [0.29, 0.717) is 12.0 Å². The van der Waals surface area contributed by atoms with Gasteiger partial charge in [0.05, 0.1) is 12.0 Å². The third-order valence-electron chi connectivity index (χ3n) is 10.5. The lowest BCUT2D eigenvalue weighted by atomic mass is 9.96. The summed E-state index contributed by atoms with van der Waals surface area (Å²) in [4.78, 5) is 3.66. The second-order valence-electron chi connectivity index (χ2n) is 14.7. The first-order valence-electron chi connectivity index (χ1n) is 20.8. The summed E-state index contributed by atoms with van der Waals surface area (Å²) in [6, 6.07) is 0.619. The number of H-pyrrole nitrogens is 1. The van der Waals surface area contributed by atoms with Crippen LogP contribution in [0.2, 0.25) is 0 Å². The number of aromatic nitrogens is 2. The van der Waals surface area contributed by atoms with Gasteiger partial charge in [0.1, 0.15) is 12.4 Å². The standard InChI is InChI=1S/C42H82N2/c1-5-8-10-12-14-16-18-20-22-24-26-28-30-32-34-36-40(4)44-39-38-43-42(44)41(7-3)37-35-33-31-29-27-25-23-21-19-17-15-13-11-9-6-2/h38-41H,5-37H2,1-4H3/p+1. The Hall–Kier alpha value is -0.790. The molecule has 0 fully saturated rings. The molecule has 0 saturated carbocycles. The molecule has 44 heavy (non-hydrogen) atoms. The van der Waals surface area contributed by atoms with Crippen molar-refractivity contribution in [2.45, 2.75) is 252 Å². The zero-order chi connectivity index (χ0) is 31.8. The van der Waals surface area contributed by atoms with Crippen molar-refractivity contribution >= 4 is 0 Å². The summed E-state index contributed by atoms with van der Waals surface area (Å²) in [6.07, 6.45) is 51.8. The number of nitrogens with one attached hydrogen (secondary N) is 1. The number of aromatic amines is 1. The Balaban J connectivity index is 2.02. The average Bonchev–Trinajstić information content (AvgIpc) is 3.52. The molecule has 1 N–H and O–H groups in total. The van der Waals surface area contributed by atoms with Crippen LogP contribution in [0.4, 0.5) is 0 Å².